The van der Waals surface area contributed by atoms with Crippen molar-refractivity contribution in [2.75, 3.05) is 5.32 Å². The average Bonchev–Trinajstić information content (AvgIpc) is 2.80. The van der Waals surface area contributed by atoms with E-state index < -0.39 is 34.8 Å². The van der Waals surface area contributed by atoms with Gasteiger partial charge in [-0.05, 0) is 0 Å². The van der Waals surface area contributed by atoms with E-state index in [1.54, 1.807) is 7.05 Å². The minimum absolute atomic E-state index is 0.145. The molecule has 1 N–H and O–H groups in total. The molecule has 1 aromatic carbocycles. The highest BCUT2D eigenvalue weighted by Crippen LogP contribution is 2.27. The molecule has 2 aromatic rings. The lowest BCUT2D eigenvalue weighted by atomic mass is 10.2. The molecular weight excluding hydrogens is 271 g/mol. The maximum atomic E-state index is 13.3. The Balaban J connectivity index is 2.30. The molecule has 0 aliphatic heterocycles. The van der Waals surface area contributed by atoms with Crippen LogP contribution in [0.5, 0.6) is 0 Å². The first-order valence-corrected chi connectivity index (χ1v) is 5.01. The summed E-state index contributed by atoms with van der Waals surface area (Å²) in [5, 5.41) is 5.87. The van der Waals surface area contributed by atoms with E-state index in [0.717, 1.165) is 0 Å². The predicted molar refractivity (Wildman–Crippen MR) is 54.6 cm³/mol. The van der Waals surface area contributed by atoms with Gasteiger partial charge < -0.3 is 5.32 Å². The largest absolute Gasteiger partial charge is 0.373 e. The summed E-state index contributed by atoms with van der Waals surface area (Å²) in [6, 6.07) is 0. The molecule has 0 atom stereocenters. The number of nitrogens with zero attached hydrogens (tertiary/aromatic N) is 3. The zero-order valence-corrected chi connectivity index (χ0v) is 9.52. The van der Waals surface area contributed by atoms with Crippen LogP contribution in [0.4, 0.5) is 27.6 Å². The van der Waals surface area contributed by atoms with Crippen LogP contribution in [0.15, 0.2) is 6.33 Å². The van der Waals surface area contributed by atoms with E-state index in [1.807, 2.05) is 0 Å². The highest BCUT2D eigenvalue weighted by molar-refractivity contribution is 5.47. The van der Waals surface area contributed by atoms with Crippen LogP contribution in [0.1, 0.15) is 5.82 Å². The molecule has 0 radical (unpaired) electrons. The summed E-state index contributed by atoms with van der Waals surface area (Å²) in [4.78, 5) is 3.74. The van der Waals surface area contributed by atoms with Crippen molar-refractivity contribution in [1.82, 2.24) is 14.8 Å². The number of hydrogen-bond donors (Lipinski definition) is 1. The molecule has 19 heavy (non-hydrogen) atoms. The fraction of sp³-hybridized carbons (Fsp3) is 0.200. The molecule has 0 bridgehead atoms. The van der Waals surface area contributed by atoms with E-state index in [9.17, 15) is 22.0 Å². The highest BCUT2D eigenvalue weighted by atomic mass is 19.2. The lowest BCUT2D eigenvalue weighted by molar-refractivity contribution is 0.381. The number of benzene rings is 1. The molecule has 0 amide bonds. The second-order valence-electron chi connectivity index (χ2n) is 3.63. The molecule has 1 aromatic heterocycles. The molecular formula is C10H7F5N4. The number of rotatable bonds is 3. The summed E-state index contributed by atoms with van der Waals surface area (Å²) in [6.45, 7) is -0.279. The van der Waals surface area contributed by atoms with Gasteiger partial charge in [-0.2, -0.15) is 5.10 Å². The van der Waals surface area contributed by atoms with Crippen molar-refractivity contribution in [2.24, 2.45) is 7.05 Å². The minimum atomic E-state index is -2.20. The second-order valence-corrected chi connectivity index (χ2v) is 3.63. The number of nitrogens with one attached hydrogen (secondary N) is 1. The zero-order chi connectivity index (χ0) is 14.2. The topological polar surface area (TPSA) is 42.7 Å². The quantitative estimate of drug-likeness (QED) is 0.531. The van der Waals surface area contributed by atoms with Gasteiger partial charge in [-0.25, -0.2) is 26.9 Å². The Morgan fingerprint density at radius 2 is 1.53 bits per heavy atom. The van der Waals surface area contributed by atoms with Gasteiger partial charge in [0.05, 0.1) is 6.54 Å². The maximum Gasteiger partial charge on any atom is 0.200 e. The van der Waals surface area contributed by atoms with Crippen LogP contribution in [-0.2, 0) is 13.6 Å². The van der Waals surface area contributed by atoms with Crippen molar-refractivity contribution in [1.29, 1.82) is 0 Å². The van der Waals surface area contributed by atoms with Gasteiger partial charge in [-0.3, -0.25) is 4.68 Å². The summed E-state index contributed by atoms with van der Waals surface area (Å²) >= 11 is 0. The Bertz CT molecular complexity index is 596. The van der Waals surface area contributed by atoms with E-state index in [0.29, 0.717) is 0 Å². The molecule has 1 heterocycles. The van der Waals surface area contributed by atoms with Crippen LogP contribution >= 0.6 is 0 Å². The number of anilines is 1. The number of aryl methyl sites for hydroxylation is 1. The Morgan fingerprint density at radius 3 is 2.00 bits per heavy atom. The third-order valence-electron chi connectivity index (χ3n) is 2.28. The first-order valence-electron chi connectivity index (χ1n) is 5.01. The minimum Gasteiger partial charge on any atom is -0.373 e. The van der Waals surface area contributed by atoms with Crippen molar-refractivity contribution in [3.05, 3.63) is 41.2 Å². The van der Waals surface area contributed by atoms with Crippen LogP contribution in [-0.4, -0.2) is 14.8 Å². The predicted octanol–water partition coefficient (Wildman–Crippen LogP) is 2.12. The van der Waals surface area contributed by atoms with E-state index in [4.69, 9.17) is 0 Å². The van der Waals surface area contributed by atoms with Crippen molar-refractivity contribution in [3.63, 3.8) is 0 Å². The van der Waals surface area contributed by atoms with E-state index in [-0.39, 0.29) is 12.4 Å². The summed E-state index contributed by atoms with van der Waals surface area (Å²) < 4.78 is 66.5. The smallest absolute Gasteiger partial charge is 0.200 e. The van der Waals surface area contributed by atoms with E-state index in [2.05, 4.69) is 15.4 Å². The molecule has 9 heteroatoms. The molecule has 2 rings (SSSR count). The normalized spacial score (nSPS) is 10.8. The highest BCUT2D eigenvalue weighted by Gasteiger charge is 2.25. The summed E-state index contributed by atoms with van der Waals surface area (Å²) in [5.74, 6) is -9.91. The van der Waals surface area contributed by atoms with Gasteiger partial charge in [0.2, 0.25) is 5.82 Å². The van der Waals surface area contributed by atoms with Gasteiger partial charge in [0.1, 0.15) is 12.0 Å². The Morgan fingerprint density at radius 1 is 1.00 bits per heavy atom. The van der Waals surface area contributed by atoms with Gasteiger partial charge >= 0.3 is 0 Å². The molecule has 0 spiro atoms. The molecule has 102 valence electrons. The van der Waals surface area contributed by atoms with Gasteiger partial charge in [-0.1, -0.05) is 0 Å². The van der Waals surface area contributed by atoms with Crippen LogP contribution in [0.3, 0.4) is 0 Å². The molecule has 4 nitrogen and oxygen atoms in total. The van der Waals surface area contributed by atoms with Crippen LogP contribution in [0.2, 0.25) is 0 Å². The third kappa shape index (κ3) is 2.35. The summed E-state index contributed by atoms with van der Waals surface area (Å²) in [5.41, 5.74) is -1.11. The van der Waals surface area contributed by atoms with Crippen LogP contribution < -0.4 is 5.32 Å². The first kappa shape index (κ1) is 13.2. The molecule has 0 saturated heterocycles. The van der Waals surface area contributed by atoms with Gasteiger partial charge in [0, 0.05) is 7.05 Å². The molecule has 0 unspecified atom stereocenters. The van der Waals surface area contributed by atoms with Crippen molar-refractivity contribution < 1.29 is 22.0 Å². The van der Waals surface area contributed by atoms with E-state index in [1.165, 1.54) is 11.0 Å². The Labute approximate surface area is 103 Å². The SMILES string of the molecule is Cn1cnc(CNc2c(F)c(F)c(F)c(F)c2F)n1. The van der Waals surface area contributed by atoms with Crippen molar-refractivity contribution in [3.8, 4) is 0 Å². The number of halogens is 5. The van der Waals surface area contributed by atoms with Crippen molar-refractivity contribution >= 4 is 5.69 Å². The molecule has 0 aliphatic carbocycles. The van der Waals surface area contributed by atoms with Crippen LogP contribution in [0.25, 0.3) is 0 Å². The Hall–Kier alpha value is -2.19. The standard InChI is InChI=1S/C10H7F5N4/c1-19-3-17-4(18-19)2-16-10-8(14)6(12)5(11)7(13)9(10)15/h3,16H,2H2,1H3. The lowest BCUT2D eigenvalue weighted by Crippen LogP contribution is -2.10. The van der Waals surface area contributed by atoms with Gasteiger partial charge in [0.15, 0.2) is 29.1 Å². The van der Waals surface area contributed by atoms with Gasteiger partial charge in [0.25, 0.3) is 0 Å². The Kier molecular flexibility index (Phi) is 3.36. The van der Waals surface area contributed by atoms with E-state index >= 15 is 0 Å². The molecule has 0 fully saturated rings. The molecule has 0 aliphatic rings. The zero-order valence-electron chi connectivity index (χ0n) is 9.52. The van der Waals surface area contributed by atoms with Crippen LogP contribution in [0, 0.1) is 29.1 Å². The van der Waals surface area contributed by atoms with Crippen molar-refractivity contribution in [2.45, 2.75) is 6.54 Å². The second kappa shape index (κ2) is 4.82. The fourth-order valence-electron chi connectivity index (χ4n) is 1.39. The number of aromatic nitrogens is 3. The first-order chi connectivity index (χ1) is 8.91. The maximum absolute atomic E-state index is 13.3. The average molecular weight is 278 g/mol. The number of hydrogen-bond acceptors (Lipinski definition) is 3. The lowest BCUT2D eigenvalue weighted by Gasteiger charge is -2.09. The monoisotopic (exact) mass is 278 g/mol. The van der Waals surface area contributed by atoms with Gasteiger partial charge in [-0.15, -0.1) is 0 Å². The summed E-state index contributed by atoms with van der Waals surface area (Å²) in [6.07, 6.45) is 1.33. The molecule has 0 saturated carbocycles. The third-order valence-corrected chi connectivity index (χ3v) is 2.28. The summed E-state index contributed by atoms with van der Waals surface area (Å²) in [7, 11) is 1.56. The fourth-order valence-corrected chi connectivity index (χ4v) is 1.39.